The lowest BCUT2D eigenvalue weighted by Gasteiger charge is -2.30. The van der Waals surface area contributed by atoms with Gasteiger partial charge in [0.05, 0.1) is 32.0 Å². The van der Waals surface area contributed by atoms with Gasteiger partial charge in [-0.3, -0.25) is 0 Å². The molecule has 1 aliphatic rings. The van der Waals surface area contributed by atoms with Crippen molar-refractivity contribution in [1.82, 2.24) is 0 Å². The third-order valence-electron chi connectivity index (χ3n) is 4.37. The van der Waals surface area contributed by atoms with Crippen molar-refractivity contribution < 1.29 is 9.47 Å². The summed E-state index contributed by atoms with van der Waals surface area (Å²) in [7, 11) is 1.64. The highest BCUT2D eigenvalue weighted by Gasteiger charge is 2.24. The van der Waals surface area contributed by atoms with E-state index >= 15 is 0 Å². The number of nitrogens with zero attached hydrogens (tertiary/aromatic N) is 1. The van der Waals surface area contributed by atoms with Crippen molar-refractivity contribution in [2.24, 2.45) is 17.6 Å². The van der Waals surface area contributed by atoms with E-state index in [-0.39, 0.29) is 0 Å². The van der Waals surface area contributed by atoms with E-state index in [9.17, 15) is 0 Å². The minimum Gasteiger partial charge on any atom is -0.496 e. The summed E-state index contributed by atoms with van der Waals surface area (Å²) >= 11 is 0. The van der Waals surface area contributed by atoms with E-state index in [2.05, 4.69) is 6.07 Å². The van der Waals surface area contributed by atoms with Crippen LogP contribution in [0.5, 0.6) is 5.75 Å². The largest absolute Gasteiger partial charge is 0.496 e. The molecule has 1 aromatic carbocycles. The van der Waals surface area contributed by atoms with Crippen LogP contribution in [0, 0.1) is 23.2 Å². The Labute approximate surface area is 126 Å². The Morgan fingerprint density at radius 3 is 2.71 bits per heavy atom. The van der Waals surface area contributed by atoms with Gasteiger partial charge in [0.25, 0.3) is 0 Å². The van der Waals surface area contributed by atoms with Gasteiger partial charge in [-0.2, -0.15) is 5.26 Å². The van der Waals surface area contributed by atoms with Crippen molar-refractivity contribution in [3.8, 4) is 11.8 Å². The number of hydrogen-bond donors (Lipinski definition) is 1. The first-order valence-corrected chi connectivity index (χ1v) is 7.63. The molecule has 2 unspecified atom stereocenters. The van der Waals surface area contributed by atoms with Gasteiger partial charge < -0.3 is 15.2 Å². The molecule has 0 spiro atoms. The Hall–Kier alpha value is -1.57. The number of benzene rings is 1. The number of methoxy groups -OCH3 is 1. The first kappa shape index (κ1) is 15.8. The second kappa shape index (κ2) is 8.02. The second-order valence-corrected chi connectivity index (χ2v) is 5.69. The van der Waals surface area contributed by atoms with Crippen LogP contribution in [0.1, 0.15) is 36.8 Å². The fourth-order valence-corrected chi connectivity index (χ4v) is 3.10. The highest BCUT2D eigenvalue weighted by atomic mass is 16.5. The summed E-state index contributed by atoms with van der Waals surface area (Å²) < 4.78 is 11.2. The molecular weight excluding hydrogens is 264 g/mol. The topological polar surface area (TPSA) is 68.3 Å². The zero-order chi connectivity index (χ0) is 15.1. The Morgan fingerprint density at radius 1 is 1.29 bits per heavy atom. The van der Waals surface area contributed by atoms with E-state index in [0.29, 0.717) is 24.0 Å². The van der Waals surface area contributed by atoms with Crippen LogP contribution in [0.25, 0.3) is 0 Å². The molecule has 0 radical (unpaired) electrons. The number of nitrogens with two attached hydrogens (primary N) is 1. The van der Waals surface area contributed by atoms with Crippen LogP contribution in [0.2, 0.25) is 0 Å². The van der Waals surface area contributed by atoms with Crippen LogP contribution in [0.3, 0.4) is 0 Å². The van der Waals surface area contributed by atoms with Crippen LogP contribution in [0.4, 0.5) is 0 Å². The summed E-state index contributed by atoms with van der Waals surface area (Å²) in [6.45, 7) is 1.97. The van der Waals surface area contributed by atoms with Crippen molar-refractivity contribution in [3.63, 3.8) is 0 Å². The van der Waals surface area contributed by atoms with Crippen LogP contribution in [0.15, 0.2) is 18.2 Å². The minimum absolute atomic E-state index is 0.479. The molecule has 2 atom stereocenters. The Morgan fingerprint density at radius 2 is 2.05 bits per heavy atom. The summed E-state index contributed by atoms with van der Waals surface area (Å²) in [6.07, 6.45) is 4.99. The summed E-state index contributed by atoms with van der Waals surface area (Å²) in [5.41, 5.74) is 7.41. The number of hydrogen-bond acceptors (Lipinski definition) is 4. The molecule has 2 rings (SSSR count). The second-order valence-electron chi connectivity index (χ2n) is 5.69. The fraction of sp³-hybridized carbons (Fsp3) is 0.588. The van der Waals surface area contributed by atoms with Crippen LogP contribution < -0.4 is 10.5 Å². The predicted octanol–water partition coefficient (Wildman–Crippen LogP) is 2.85. The molecule has 0 saturated heterocycles. The van der Waals surface area contributed by atoms with E-state index in [1.165, 1.54) is 25.7 Å². The molecule has 1 saturated carbocycles. The van der Waals surface area contributed by atoms with Gasteiger partial charge in [0, 0.05) is 5.56 Å². The normalized spacial score (nSPS) is 21.8. The van der Waals surface area contributed by atoms with Crippen LogP contribution in [-0.4, -0.2) is 20.3 Å². The molecule has 0 aliphatic heterocycles. The standard InChI is InChI=1S/C17H24N2O2/c1-20-17-7-6-13(9-18)8-16(17)12-21-11-15-5-3-2-4-14(15)10-19/h6-8,14-15H,2-5,10-12,19H2,1H3. The smallest absolute Gasteiger partial charge is 0.124 e. The fourth-order valence-electron chi connectivity index (χ4n) is 3.10. The highest BCUT2D eigenvalue weighted by molar-refractivity contribution is 5.41. The lowest BCUT2D eigenvalue weighted by atomic mass is 9.80. The predicted molar refractivity (Wildman–Crippen MR) is 81.9 cm³/mol. The maximum Gasteiger partial charge on any atom is 0.124 e. The highest BCUT2D eigenvalue weighted by Crippen LogP contribution is 2.30. The molecule has 21 heavy (non-hydrogen) atoms. The van der Waals surface area contributed by atoms with Gasteiger partial charge in [0.2, 0.25) is 0 Å². The van der Waals surface area contributed by atoms with E-state index < -0.39 is 0 Å². The molecule has 0 amide bonds. The zero-order valence-electron chi connectivity index (χ0n) is 12.7. The molecular formula is C17H24N2O2. The lowest BCUT2D eigenvalue weighted by molar-refractivity contribution is 0.0503. The van der Waals surface area contributed by atoms with Crippen molar-refractivity contribution in [3.05, 3.63) is 29.3 Å². The van der Waals surface area contributed by atoms with E-state index in [0.717, 1.165) is 24.5 Å². The molecule has 0 aromatic heterocycles. The number of rotatable bonds is 6. The van der Waals surface area contributed by atoms with E-state index in [4.69, 9.17) is 20.5 Å². The van der Waals surface area contributed by atoms with Crippen molar-refractivity contribution in [2.75, 3.05) is 20.3 Å². The molecule has 0 heterocycles. The molecule has 1 aromatic rings. The molecule has 2 N–H and O–H groups in total. The third kappa shape index (κ3) is 4.20. The summed E-state index contributed by atoms with van der Waals surface area (Å²) in [5.74, 6) is 1.92. The quantitative estimate of drug-likeness (QED) is 0.874. The van der Waals surface area contributed by atoms with E-state index in [1.54, 1.807) is 13.2 Å². The Balaban J connectivity index is 1.92. The average Bonchev–Trinajstić information content (AvgIpc) is 2.55. The van der Waals surface area contributed by atoms with Crippen molar-refractivity contribution in [1.29, 1.82) is 5.26 Å². The van der Waals surface area contributed by atoms with Crippen molar-refractivity contribution in [2.45, 2.75) is 32.3 Å². The molecule has 4 heteroatoms. The Bertz CT molecular complexity index is 496. The Kier molecular flexibility index (Phi) is 6.04. The van der Waals surface area contributed by atoms with Gasteiger partial charge in [-0.05, 0) is 49.4 Å². The van der Waals surface area contributed by atoms with Gasteiger partial charge in [-0.25, -0.2) is 0 Å². The van der Waals surface area contributed by atoms with Crippen LogP contribution >= 0.6 is 0 Å². The van der Waals surface area contributed by atoms with Gasteiger partial charge >= 0.3 is 0 Å². The number of nitriles is 1. The maximum atomic E-state index is 8.98. The lowest BCUT2D eigenvalue weighted by Crippen LogP contribution is -2.29. The summed E-state index contributed by atoms with van der Waals surface area (Å²) in [5, 5.41) is 8.98. The summed E-state index contributed by atoms with van der Waals surface area (Å²) in [6, 6.07) is 7.56. The third-order valence-corrected chi connectivity index (χ3v) is 4.37. The monoisotopic (exact) mass is 288 g/mol. The molecule has 1 aliphatic carbocycles. The first-order chi connectivity index (χ1) is 10.3. The molecule has 1 fully saturated rings. The average molecular weight is 288 g/mol. The van der Waals surface area contributed by atoms with Gasteiger partial charge in [-0.1, -0.05) is 12.8 Å². The van der Waals surface area contributed by atoms with Gasteiger partial charge in [0.15, 0.2) is 0 Å². The molecule has 0 bridgehead atoms. The van der Waals surface area contributed by atoms with Gasteiger partial charge in [-0.15, -0.1) is 0 Å². The van der Waals surface area contributed by atoms with Gasteiger partial charge in [0.1, 0.15) is 5.75 Å². The van der Waals surface area contributed by atoms with E-state index in [1.807, 2.05) is 12.1 Å². The zero-order valence-corrected chi connectivity index (χ0v) is 12.7. The van der Waals surface area contributed by atoms with Crippen LogP contribution in [-0.2, 0) is 11.3 Å². The minimum atomic E-state index is 0.479. The molecule has 4 nitrogen and oxygen atoms in total. The summed E-state index contributed by atoms with van der Waals surface area (Å²) in [4.78, 5) is 0. The SMILES string of the molecule is COc1ccc(C#N)cc1COCC1CCCCC1CN. The van der Waals surface area contributed by atoms with Crippen molar-refractivity contribution >= 4 is 0 Å². The first-order valence-electron chi connectivity index (χ1n) is 7.63. The number of ether oxygens (including phenoxy) is 2. The molecule has 114 valence electrons. The maximum absolute atomic E-state index is 8.98.